The molecular formula is C6H6BrNS. The van der Waals surface area contributed by atoms with Crippen LogP contribution in [-0.4, -0.2) is 6.54 Å². The Morgan fingerprint density at radius 1 is 1.67 bits per heavy atom. The Hall–Kier alpha value is 0.140. The van der Waals surface area contributed by atoms with Gasteiger partial charge in [0.05, 0.1) is 9.83 Å². The number of thiophene rings is 1. The van der Waals surface area contributed by atoms with Crippen molar-refractivity contribution in [2.75, 3.05) is 6.54 Å². The minimum absolute atomic E-state index is 0.668. The van der Waals surface area contributed by atoms with E-state index < -0.39 is 0 Å². The van der Waals surface area contributed by atoms with E-state index in [-0.39, 0.29) is 0 Å². The summed E-state index contributed by atoms with van der Waals surface area (Å²) in [7, 11) is 0. The first kappa shape index (κ1) is 5.89. The van der Waals surface area contributed by atoms with Gasteiger partial charge in [-0.25, -0.2) is 0 Å². The van der Waals surface area contributed by atoms with Crippen LogP contribution in [0.4, 0.5) is 0 Å². The molecule has 9 heavy (non-hydrogen) atoms. The summed E-state index contributed by atoms with van der Waals surface area (Å²) in [5.41, 5.74) is 0. The van der Waals surface area contributed by atoms with E-state index >= 15 is 0 Å². The highest BCUT2D eigenvalue weighted by Gasteiger charge is 2.23. The number of nitrogens with one attached hydrogen (secondary N) is 1. The predicted octanol–water partition coefficient (Wildman–Crippen LogP) is 2.15. The van der Waals surface area contributed by atoms with Crippen molar-refractivity contribution in [1.29, 1.82) is 0 Å². The quantitative estimate of drug-likeness (QED) is 0.695. The SMILES string of the molecule is Brc1ccc(C2CN2)s1. The van der Waals surface area contributed by atoms with Gasteiger partial charge in [-0.3, -0.25) is 0 Å². The van der Waals surface area contributed by atoms with Gasteiger partial charge in [0.1, 0.15) is 0 Å². The largest absolute Gasteiger partial charge is 0.306 e. The summed E-state index contributed by atoms with van der Waals surface area (Å²) in [6.07, 6.45) is 0. The van der Waals surface area contributed by atoms with Gasteiger partial charge in [0.15, 0.2) is 0 Å². The number of hydrogen-bond acceptors (Lipinski definition) is 2. The normalized spacial score (nSPS) is 24.3. The van der Waals surface area contributed by atoms with Crippen molar-refractivity contribution < 1.29 is 0 Å². The van der Waals surface area contributed by atoms with Crippen LogP contribution in [0.15, 0.2) is 15.9 Å². The summed E-state index contributed by atoms with van der Waals surface area (Å²) in [6.45, 7) is 1.16. The average Bonchev–Trinajstić information content (AvgIpc) is 2.58. The number of rotatable bonds is 1. The van der Waals surface area contributed by atoms with Gasteiger partial charge in [-0.1, -0.05) is 0 Å². The molecule has 48 valence electrons. The van der Waals surface area contributed by atoms with E-state index in [9.17, 15) is 0 Å². The Kier molecular flexibility index (Phi) is 1.36. The molecule has 1 nitrogen and oxygen atoms in total. The lowest BCUT2D eigenvalue weighted by Crippen LogP contribution is -1.73. The second-order valence-electron chi connectivity index (χ2n) is 2.10. The van der Waals surface area contributed by atoms with E-state index in [1.807, 2.05) is 11.3 Å². The molecule has 0 bridgehead atoms. The topological polar surface area (TPSA) is 21.9 Å². The highest BCUT2D eigenvalue weighted by molar-refractivity contribution is 9.11. The summed E-state index contributed by atoms with van der Waals surface area (Å²) in [6, 6.07) is 4.93. The lowest BCUT2D eigenvalue weighted by atomic mass is 10.4. The molecule has 1 saturated heterocycles. The maximum atomic E-state index is 3.42. The zero-order chi connectivity index (χ0) is 6.27. The minimum Gasteiger partial charge on any atom is -0.306 e. The van der Waals surface area contributed by atoms with Gasteiger partial charge >= 0.3 is 0 Å². The minimum atomic E-state index is 0.668. The van der Waals surface area contributed by atoms with Crippen molar-refractivity contribution in [2.24, 2.45) is 0 Å². The molecule has 0 amide bonds. The van der Waals surface area contributed by atoms with E-state index in [1.54, 1.807) is 0 Å². The summed E-state index contributed by atoms with van der Waals surface area (Å²) >= 11 is 5.23. The third-order valence-electron chi connectivity index (χ3n) is 1.35. The standard InChI is InChI=1S/C6H6BrNS/c7-6-2-1-5(9-6)4-3-8-4/h1-2,4,8H,3H2. The molecular weight excluding hydrogens is 198 g/mol. The zero-order valence-corrected chi connectivity index (χ0v) is 7.13. The highest BCUT2D eigenvalue weighted by atomic mass is 79.9. The first-order chi connectivity index (χ1) is 4.36. The smallest absolute Gasteiger partial charge is 0.0702 e. The second kappa shape index (κ2) is 2.08. The fourth-order valence-electron chi connectivity index (χ4n) is 0.776. The van der Waals surface area contributed by atoms with Crippen molar-refractivity contribution in [3.05, 3.63) is 20.8 Å². The van der Waals surface area contributed by atoms with Crippen molar-refractivity contribution in [3.8, 4) is 0 Å². The van der Waals surface area contributed by atoms with Crippen molar-refractivity contribution in [2.45, 2.75) is 6.04 Å². The molecule has 2 heterocycles. The van der Waals surface area contributed by atoms with Gasteiger partial charge < -0.3 is 5.32 Å². The van der Waals surface area contributed by atoms with Crippen molar-refractivity contribution >= 4 is 27.3 Å². The van der Waals surface area contributed by atoms with Crippen LogP contribution in [0.3, 0.4) is 0 Å². The molecule has 0 radical (unpaired) electrons. The molecule has 1 fully saturated rings. The summed E-state index contributed by atoms with van der Waals surface area (Å²) in [5.74, 6) is 0. The third-order valence-corrected chi connectivity index (χ3v) is 3.08. The van der Waals surface area contributed by atoms with Crippen LogP contribution in [0.25, 0.3) is 0 Å². The van der Waals surface area contributed by atoms with Crippen LogP contribution >= 0.6 is 27.3 Å². The summed E-state index contributed by atoms with van der Waals surface area (Å²) < 4.78 is 1.23. The zero-order valence-electron chi connectivity index (χ0n) is 4.73. The molecule has 3 heteroatoms. The van der Waals surface area contributed by atoms with Crippen LogP contribution in [-0.2, 0) is 0 Å². The summed E-state index contributed by atoms with van der Waals surface area (Å²) in [5, 5.41) is 3.25. The monoisotopic (exact) mass is 203 g/mol. The van der Waals surface area contributed by atoms with E-state index in [2.05, 4.69) is 33.4 Å². The molecule has 0 saturated carbocycles. The lowest BCUT2D eigenvalue weighted by molar-refractivity contribution is 1.12. The van der Waals surface area contributed by atoms with Gasteiger partial charge in [-0.05, 0) is 28.1 Å². The van der Waals surface area contributed by atoms with Crippen LogP contribution in [0, 0.1) is 0 Å². The molecule has 1 aliphatic rings. The maximum absolute atomic E-state index is 3.42. The van der Waals surface area contributed by atoms with Crippen molar-refractivity contribution in [3.63, 3.8) is 0 Å². The molecule has 1 aliphatic heterocycles. The third kappa shape index (κ3) is 1.18. The molecule has 1 aromatic heterocycles. The van der Waals surface area contributed by atoms with E-state index in [4.69, 9.17) is 0 Å². The van der Waals surface area contributed by atoms with E-state index in [0.29, 0.717) is 6.04 Å². The molecule has 1 atom stereocenters. The average molecular weight is 204 g/mol. The number of halogens is 1. The molecule has 0 aliphatic carbocycles. The van der Waals surface area contributed by atoms with Crippen LogP contribution in [0.2, 0.25) is 0 Å². The Morgan fingerprint density at radius 2 is 2.44 bits per heavy atom. The summed E-state index contributed by atoms with van der Waals surface area (Å²) in [4.78, 5) is 1.45. The fourth-order valence-corrected chi connectivity index (χ4v) is 2.27. The lowest BCUT2D eigenvalue weighted by Gasteiger charge is -1.82. The van der Waals surface area contributed by atoms with Crippen LogP contribution < -0.4 is 5.32 Å². The van der Waals surface area contributed by atoms with Gasteiger partial charge in [-0.15, -0.1) is 11.3 Å². The Balaban J connectivity index is 2.28. The van der Waals surface area contributed by atoms with E-state index in [0.717, 1.165) is 6.54 Å². The highest BCUT2D eigenvalue weighted by Crippen LogP contribution is 2.31. The molecule has 1 aromatic rings. The van der Waals surface area contributed by atoms with Crippen LogP contribution in [0.1, 0.15) is 10.9 Å². The molecule has 0 spiro atoms. The Morgan fingerprint density at radius 3 is 2.89 bits per heavy atom. The first-order valence-corrected chi connectivity index (χ1v) is 4.46. The van der Waals surface area contributed by atoms with E-state index in [1.165, 1.54) is 8.66 Å². The van der Waals surface area contributed by atoms with Gasteiger partial charge in [0.25, 0.3) is 0 Å². The molecule has 1 N–H and O–H groups in total. The molecule has 0 aromatic carbocycles. The predicted molar refractivity (Wildman–Crippen MR) is 42.8 cm³/mol. The first-order valence-electron chi connectivity index (χ1n) is 2.85. The number of hydrogen-bond donors (Lipinski definition) is 1. The fraction of sp³-hybridized carbons (Fsp3) is 0.333. The van der Waals surface area contributed by atoms with Gasteiger partial charge in [-0.2, -0.15) is 0 Å². The van der Waals surface area contributed by atoms with Gasteiger partial charge in [0, 0.05) is 11.4 Å². The molecule has 2 rings (SSSR count). The second-order valence-corrected chi connectivity index (χ2v) is 4.60. The van der Waals surface area contributed by atoms with Gasteiger partial charge in [0.2, 0.25) is 0 Å². The Labute approximate surface area is 66.2 Å². The maximum Gasteiger partial charge on any atom is 0.0702 e. The molecule has 1 unspecified atom stereocenters. The Bertz CT molecular complexity index is 217. The van der Waals surface area contributed by atoms with Crippen molar-refractivity contribution in [1.82, 2.24) is 5.32 Å². The van der Waals surface area contributed by atoms with Crippen LogP contribution in [0.5, 0.6) is 0 Å².